The number of ketones is 1. The Hall–Kier alpha value is -3.83. The van der Waals surface area contributed by atoms with Crippen molar-refractivity contribution in [3.8, 4) is 0 Å². The average molecular weight is 695 g/mol. The van der Waals surface area contributed by atoms with Gasteiger partial charge < -0.3 is 26.2 Å². The van der Waals surface area contributed by atoms with Gasteiger partial charge in [-0.1, -0.05) is 72.5 Å². The van der Waals surface area contributed by atoms with Crippen molar-refractivity contribution in [1.82, 2.24) is 26.2 Å². The van der Waals surface area contributed by atoms with E-state index in [-0.39, 0.29) is 35.3 Å². The summed E-state index contributed by atoms with van der Waals surface area (Å²) in [5.74, 6) is -3.21. The number of allylic oxidation sites excluding steroid dienone is 1. The largest absolute Gasteiger partial charge is 0.347 e. The van der Waals surface area contributed by atoms with Crippen LogP contribution in [0.2, 0.25) is 0 Å². The van der Waals surface area contributed by atoms with Crippen LogP contribution in [-0.2, 0) is 28.8 Å². The van der Waals surface area contributed by atoms with Crippen LogP contribution in [-0.4, -0.2) is 83.2 Å². The second kappa shape index (κ2) is 17.4. The van der Waals surface area contributed by atoms with Crippen LogP contribution in [0.1, 0.15) is 112 Å². The Morgan fingerprint density at radius 2 is 1.60 bits per heavy atom. The summed E-state index contributed by atoms with van der Waals surface area (Å²) in [4.78, 5) is 87.4. The van der Waals surface area contributed by atoms with Crippen molar-refractivity contribution < 1.29 is 28.8 Å². The van der Waals surface area contributed by atoms with E-state index in [0.29, 0.717) is 19.4 Å². The number of Topliss-reactive ketones (excluding diaryl/α,β-unsaturated/α-hetero) is 1. The lowest BCUT2D eigenvalue weighted by Crippen LogP contribution is -2.62. The van der Waals surface area contributed by atoms with Crippen molar-refractivity contribution in [3.05, 3.63) is 24.4 Å². The molecule has 0 aromatic rings. The second-order valence-corrected chi connectivity index (χ2v) is 15.7. The molecule has 0 aromatic carbocycles. The van der Waals surface area contributed by atoms with Crippen LogP contribution >= 0.6 is 0 Å². The van der Waals surface area contributed by atoms with Crippen molar-refractivity contribution >= 4 is 41.5 Å². The van der Waals surface area contributed by atoms with E-state index < -0.39 is 59.0 Å². The lowest BCUT2D eigenvalue weighted by atomic mass is 9.82. The number of fused-ring (bicyclic) bond motifs is 1. The summed E-state index contributed by atoms with van der Waals surface area (Å²) in [5.41, 5.74) is -0.626. The Morgan fingerprint density at radius 3 is 2.22 bits per heavy atom. The molecule has 0 spiro atoms. The van der Waals surface area contributed by atoms with Crippen LogP contribution in [0.4, 0.5) is 0 Å². The SMILES string of the molecule is C=C(C=N/C=C\C)C(=O)NC(C(=O)N[C@@H](C(=O)N1C[C@@H]2CCC[C@@H]2[C@H]1C(=O)N[C@@H](CCC)C(=O)C(=O)NC1CC1)C(C)(C)C)C1CCCCC1. The molecule has 5 amide bonds. The Labute approximate surface area is 297 Å². The quantitative estimate of drug-likeness (QED) is 0.116. The highest BCUT2D eigenvalue weighted by Crippen LogP contribution is 2.43. The molecule has 3 saturated carbocycles. The molecule has 0 aromatic heterocycles. The summed E-state index contributed by atoms with van der Waals surface area (Å²) >= 11 is 0. The number of rotatable bonds is 15. The van der Waals surface area contributed by atoms with Gasteiger partial charge >= 0.3 is 0 Å². The summed E-state index contributed by atoms with van der Waals surface area (Å²) < 4.78 is 0. The zero-order valence-corrected chi connectivity index (χ0v) is 30.6. The number of nitrogens with one attached hydrogen (secondary N) is 4. The normalized spacial score (nSPS) is 24.3. The maximum absolute atomic E-state index is 14.6. The van der Waals surface area contributed by atoms with Crippen molar-refractivity contribution in [2.75, 3.05) is 6.54 Å². The highest BCUT2D eigenvalue weighted by molar-refractivity contribution is 6.38. The third kappa shape index (κ3) is 9.90. The highest BCUT2D eigenvalue weighted by atomic mass is 16.2. The minimum absolute atomic E-state index is 0.0121. The molecule has 4 rings (SSSR count). The van der Waals surface area contributed by atoms with Crippen molar-refractivity contribution in [1.29, 1.82) is 0 Å². The van der Waals surface area contributed by atoms with Crippen LogP contribution in [0.5, 0.6) is 0 Å². The maximum atomic E-state index is 14.6. The molecule has 12 nitrogen and oxygen atoms in total. The second-order valence-electron chi connectivity index (χ2n) is 15.7. The number of likely N-dealkylation sites (tertiary alicyclic amines) is 1. The summed E-state index contributed by atoms with van der Waals surface area (Å²) in [7, 11) is 0. The molecule has 0 bridgehead atoms. The van der Waals surface area contributed by atoms with Gasteiger partial charge in [-0.05, 0) is 75.0 Å². The number of amides is 5. The lowest BCUT2D eigenvalue weighted by molar-refractivity contribution is -0.146. The molecule has 4 N–H and O–H groups in total. The monoisotopic (exact) mass is 694 g/mol. The van der Waals surface area contributed by atoms with Crippen LogP contribution in [0.15, 0.2) is 29.4 Å². The Balaban J connectivity index is 1.55. The first-order valence-electron chi connectivity index (χ1n) is 18.7. The van der Waals surface area contributed by atoms with Gasteiger partial charge in [0, 0.05) is 25.0 Å². The van der Waals surface area contributed by atoms with Crippen molar-refractivity contribution in [2.24, 2.45) is 28.2 Å². The third-order valence-corrected chi connectivity index (χ3v) is 10.6. The fourth-order valence-corrected chi connectivity index (χ4v) is 7.75. The van der Waals surface area contributed by atoms with E-state index in [4.69, 9.17) is 0 Å². The predicted octanol–water partition coefficient (Wildman–Crippen LogP) is 3.50. The summed E-state index contributed by atoms with van der Waals surface area (Å²) in [5, 5.41) is 11.5. The van der Waals surface area contributed by atoms with Crippen LogP contribution < -0.4 is 21.3 Å². The summed E-state index contributed by atoms with van der Waals surface area (Å²) in [6, 6.07) is -3.68. The first-order chi connectivity index (χ1) is 23.8. The number of carbonyl (C=O) groups is 6. The molecule has 1 heterocycles. The molecule has 12 heteroatoms. The van der Waals surface area contributed by atoms with Crippen LogP contribution in [0.3, 0.4) is 0 Å². The van der Waals surface area contributed by atoms with Crippen molar-refractivity contribution in [3.63, 3.8) is 0 Å². The molecule has 1 aliphatic heterocycles. The minimum atomic E-state index is -0.996. The van der Waals surface area contributed by atoms with Gasteiger partial charge in [0.05, 0.1) is 11.6 Å². The predicted molar refractivity (Wildman–Crippen MR) is 192 cm³/mol. The fourth-order valence-electron chi connectivity index (χ4n) is 7.75. The molecule has 3 aliphatic carbocycles. The number of nitrogens with zero attached hydrogens (tertiary/aromatic N) is 2. The Morgan fingerprint density at radius 1 is 0.900 bits per heavy atom. The molecule has 1 saturated heterocycles. The van der Waals surface area contributed by atoms with Crippen LogP contribution in [0, 0.1) is 23.2 Å². The number of aliphatic imine (C=N–C) groups is 1. The van der Waals surface area contributed by atoms with Gasteiger partial charge in [0.15, 0.2) is 0 Å². The standard InChI is InChI=1S/C38H58N6O6/c1-7-13-28(31(45)36(49)40-26-18-19-26)41-35(48)30-27-17-12-16-25(27)22-44(30)37(50)32(38(4,5)6)43-34(47)29(24-14-10-9-11-15-24)42-33(46)23(3)21-39-20-8-2/h8,20-21,24-30,32H,3,7,9-19,22H2,1-2,4-6H3,(H,40,49)(H,41,48)(H,42,46)(H,43,47)/b20-8-,39-21?/t25-,27-,28-,29?,30-,32-/m0/s1. The number of hydrogen-bond acceptors (Lipinski definition) is 7. The highest BCUT2D eigenvalue weighted by Gasteiger charge is 2.52. The number of carbonyl (C=O) groups excluding carboxylic acids is 6. The molecule has 1 unspecified atom stereocenters. The maximum Gasteiger partial charge on any atom is 0.289 e. The molecular weight excluding hydrogens is 636 g/mol. The molecule has 6 atom stereocenters. The first-order valence-corrected chi connectivity index (χ1v) is 18.7. The Kier molecular flexibility index (Phi) is 13.6. The van der Waals surface area contributed by atoms with E-state index in [1.54, 1.807) is 17.9 Å². The van der Waals surface area contributed by atoms with Gasteiger partial charge in [0.1, 0.15) is 18.1 Å². The number of hydrogen-bond donors (Lipinski definition) is 4. The summed E-state index contributed by atoms with van der Waals surface area (Å²) in [6.07, 6.45) is 14.2. The van der Waals surface area contributed by atoms with Gasteiger partial charge in [0.25, 0.3) is 11.8 Å². The first kappa shape index (κ1) is 39.0. The van der Waals surface area contributed by atoms with Crippen molar-refractivity contribution in [2.45, 2.75) is 142 Å². The van der Waals surface area contributed by atoms with Gasteiger partial charge in [-0.25, -0.2) is 0 Å². The van der Waals surface area contributed by atoms with Crippen LogP contribution in [0.25, 0.3) is 0 Å². The average Bonchev–Trinajstić information content (AvgIpc) is 3.65. The van der Waals surface area contributed by atoms with E-state index >= 15 is 0 Å². The zero-order valence-electron chi connectivity index (χ0n) is 30.6. The molecule has 50 heavy (non-hydrogen) atoms. The lowest BCUT2D eigenvalue weighted by Gasteiger charge is -2.38. The van der Waals surface area contributed by atoms with E-state index in [1.165, 1.54) is 12.4 Å². The van der Waals surface area contributed by atoms with Gasteiger partial charge in [-0.2, -0.15) is 0 Å². The van der Waals surface area contributed by atoms with E-state index in [0.717, 1.165) is 64.2 Å². The molecule has 4 fully saturated rings. The minimum Gasteiger partial charge on any atom is -0.347 e. The zero-order chi connectivity index (χ0) is 36.6. The third-order valence-electron chi connectivity index (χ3n) is 10.6. The van der Waals surface area contributed by atoms with Gasteiger partial charge in [-0.15, -0.1) is 0 Å². The van der Waals surface area contributed by atoms with E-state index in [2.05, 4.69) is 32.8 Å². The van der Waals surface area contributed by atoms with E-state index in [1.807, 2.05) is 27.7 Å². The Bertz CT molecular complexity index is 1360. The molecule has 0 radical (unpaired) electrons. The smallest absolute Gasteiger partial charge is 0.289 e. The fraction of sp³-hybridized carbons (Fsp3) is 0.711. The topological polar surface area (TPSA) is 166 Å². The molecule has 276 valence electrons. The van der Waals surface area contributed by atoms with Gasteiger partial charge in [0.2, 0.25) is 23.5 Å². The summed E-state index contributed by atoms with van der Waals surface area (Å²) in [6.45, 7) is 13.5. The molecular formula is C38H58N6O6. The molecule has 4 aliphatic rings. The van der Waals surface area contributed by atoms with E-state index in [9.17, 15) is 28.8 Å². The van der Waals surface area contributed by atoms with Gasteiger partial charge in [-0.3, -0.25) is 33.8 Å².